The molecule has 2 amide bonds. The molecule has 12 nitrogen and oxygen atoms in total. The number of hydrogen-bond acceptors (Lipinski definition) is 8. The Morgan fingerprint density at radius 2 is 0.985 bits per heavy atom. The van der Waals surface area contributed by atoms with E-state index in [9.17, 15) is 30.8 Å². The predicted molar refractivity (Wildman–Crippen MR) is 253 cm³/mol. The second kappa shape index (κ2) is 21.3. The van der Waals surface area contributed by atoms with Crippen LogP contribution in [0.3, 0.4) is 0 Å². The van der Waals surface area contributed by atoms with E-state index in [1.54, 1.807) is 53.3 Å². The average Bonchev–Trinajstić information content (AvgIpc) is 4.05. The van der Waals surface area contributed by atoms with Crippen molar-refractivity contribution < 1.29 is 40.3 Å². The molecule has 2 aliphatic rings. The third-order valence-corrected chi connectivity index (χ3v) is 15.4. The van der Waals surface area contributed by atoms with Gasteiger partial charge in [-0.25, -0.2) is 21.2 Å². The molecular formula is C50H50ClFN4O8S2. The molecule has 6 aromatic rings. The number of sulfonamides is 2. The van der Waals surface area contributed by atoms with Crippen LogP contribution in [0.5, 0.6) is 11.5 Å². The highest BCUT2D eigenvalue weighted by atomic mass is 35.5. The summed E-state index contributed by atoms with van der Waals surface area (Å²) < 4.78 is 81.1. The van der Waals surface area contributed by atoms with Crippen LogP contribution in [0.25, 0.3) is 0 Å². The van der Waals surface area contributed by atoms with Gasteiger partial charge in [0.25, 0.3) is 20.0 Å². The molecule has 6 aromatic carbocycles. The lowest BCUT2D eigenvalue weighted by molar-refractivity contribution is -0.131. The minimum atomic E-state index is -4.34. The summed E-state index contributed by atoms with van der Waals surface area (Å²) >= 11 is 5.97. The number of rotatable bonds is 14. The Labute approximate surface area is 390 Å². The molecular weight excluding hydrogens is 903 g/mol. The first-order valence-electron chi connectivity index (χ1n) is 21.3. The number of halogens is 2. The van der Waals surface area contributed by atoms with Gasteiger partial charge in [0.2, 0.25) is 11.8 Å². The fourth-order valence-electron chi connectivity index (χ4n) is 8.23. The third-order valence-electron chi connectivity index (χ3n) is 11.6. The lowest BCUT2D eigenvalue weighted by Crippen LogP contribution is -2.43. The maximum Gasteiger partial charge on any atom is 0.267 e. The third kappa shape index (κ3) is 10.8. The molecule has 0 saturated carbocycles. The molecule has 0 aromatic heterocycles. The standard InChI is InChI=1S/C26H28N2O5S.C24H22ClFN2O3S/c1-32-22-12-10-21(11-13-22)28(34(30,31)24-16-14-23(33-2)15-17-24)19-26(29)27-18-6-9-25(27)20-7-4-3-5-8-20;25-19-12-14-20(15-13-19)28(32(30,31)23-11-5-4-9-21(23)26)17-24(29)27-16-6-10-22(27)18-7-2-1-3-8-18/h3-5,7-8,10-17,25H,6,9,18-19H2,1-2H3;1-5,7-9,11-15,22H,6,10,16-17H2. The lowest BCUT2D eigenvalue weighted by atomic mass is 10.0. The van der Waals surface area contributed by atoms with E-state index in [1.165, 1.54) is 61.7 Å². The van der Waals surface area contributed by atoms with Gasteiger partial charge in [0.1, 0.15) is 35.3 Å². The summed E-state index contributed by atoms with van der Waals surface area (Å²) in [5, 5.41) is 0.423. The zero-order valence-electron chi connectivity index (χ0n) is 36.4. The number of ether oxygens (including phenoxy) is 2. The Balaban J connectivity index is 0.000000197. The number of likely N-dealkylation sites (tertiary alicyclic amines) is 2. The van der Waals surface area contributed by atoms with Gasteiger partial charge in [0.15, 0.2) is 0 Å². The van der Waals surface area contributed by atoms with Crippen LogP contribution in [0.2, 0.25) is 5.02 Å². The van der Waals surface area contributed by atoms with E-state index in [-0.39, 0.29) is 41.0 Å². The van der Waals surface area contributed by atoms with E-state index < -0.39 is 37.3 Å². The Morgan fingerprint density at radius 1 is 0.576 bits per heavy atom. The van der Waals surface area contributed by atoms with Gasteiger partial charge in [-0.1, -0.05) is 84.4 Å². The fourth-order valence-corrected chi connectivity index (χ4v) is 11.3. The molecule has 0 spiro atoms. The number of benzene rings is 6. The van der Waals surface area contributed by atoms with Crippen molar-refractivity contribution in [2.75, 3.05) is 49.0 Å². The Bertz CT molecular complexity index is 2810. The topological polar surface area (TPSA) is 134 Å². The molecule has 344 valence electrons. The highest BCUT2D eigenvalue weighted by Gasteiger charge is 2.36. The number of carbonyl (C=O) groups excluding carboxylic acids is 2. The summed E-state index contributed by atoms with van der Waals surface area (Å²) in [4.78, 5) is 29.9. The van der Waals surface area contributed by atoms with E-state index in [1.807, 2.05) is 60.7 Å². The van der Waals surface area contributed by atoms with E-state index in [0.29, 0.717) is 35.3 Å². The quantitative estimate of drug-likeness (QED) is 0.106. The van der Waals surface area contributed by atoms with Crippen molar-refractivity contribution in [3.8, 4) is 11.5 Å². The summed E-state index contributed by atoms with van der Waals surface area (Å²) in [6, 6.07) is 43.4. The Kier molecular flexibility index (Phi) is 15.3. The van der Waals surface area contributed by atoms with Crippen molar-refractivity contribution in [2.24, 2.45) is 0 Å². The van der Waals surface area contributed by atoms with E-state index in [2.05, 4.69) is 0 Å². The van der Waals surface area contributed by atoms with Crippen molar-refractivity contribution >= 4 is 54.8 Å². The molecule has 2 fully saturated rings. The molecule has 66 heavy (non-hydrogen) atoms. The second-order valence-corrected chi connectivity index (χ2v) is 19.7. The molecule has 2 aliphatic heterocycles. The number of carbonyl (C=O) groups is 2. The summed E-state index contributed by atoms with van der Waals surface area (Å²) in [6.45, 7) is 0.385. The smallest absolute Gasteiger partial charge is 0.267 e. The van der Waals surface area contributed by atoms with Crippen LogP contribution >= 0.6 is 11.6 Å². The molecule has 2 saturated heterocycles. The van der Waals surface area contributed by atoms with Crippen LogP contribution in [0.4, 0.5) is 15.8 Å². The van der Waals surface area contributed by atoms with Gasteiger partial charge in [0, 0.05) is 18.1 Å². The molecule has 2 unspecified atom stereocenters. The highest BCUT2D eigenvalue weighted by Crippen LogP contribution is 2.35. The summed E-state index contributed by atoms with van der Waals surface area (Å²) in [6.07, 6.45) is 3.35. The van der Waals surface area contributed by atoms with Crippen molar-refractivity contribution in [2.45, 2.75) is 47.6 Å². The zero-order valence-corrected chi connectivity index (χ0v) is 38.8. The SMILES string of the molecule is COc1ccc(N(CC(=O)N2CCCC2c2ccccc2)S(=O)(=O)c2ccc(OC)cc2)cc1.O=C(CN(c1ccc(Cl)cc1)S(=O)(=O)c1ccccc1F)N1CCCC1c1ccccc1. The van der Waals surface area contributed by atoms with E-state index >= 15 is 0 Å². The van der Waals surface area contributed by atoms with E-state index in [4.69, 9.17) is 21.1 Å². The first-order chi connectivity index (χ1) is 31.8. The predicted octanol–water partition coefficient (Wildman–Crippen LogP) is 9.30. The summed E-state index contributed by atoms with van der Waals surface area (Å²) in [5.41, 5.74) is 2.69. The normalized spacial score (nSPS) is 15.9. The molecule has 2 atom stereocenters. The first kappa shape index (κ1) is 47.5. The van der Waals surface area contributed by atoms with Crippen LogP contribution in [0, 0.1) is 5.82 Å². The van der Waals surface area contributed by atoms with Crippen molar-refractivity contribution in [1.82, 2.24) is 9.80 Å². The monoisotopic (exact) mass is 952 g/mol. The van der Waals surface area contributed by atoms with Crippen LogP contribution in [0.1, 0.15) is 48.9 Å². The Hall–Kier alpha value is -6.42. The number of methoxy groups -OCH3 is 2. The lowest BCUT2D eigenvalue weighted by Gasteiger charge is -2.30. The van der Waals surface area contributed by atoms with Crippen molar-refractivity contribution in [3.63, 3.8) is 0 Å². The van der Waals surface area contributed by atoms with Crippen molar-refractivity contribution in [3.05, 3.63) is 180 Å². The molecule has 0 radical (unpaired) electrons. The van der Waals surface area contributed by atoms with Gasteiger partial charge in [-0.2, -0.15) is 0 Å². The maximum absolute atomic E-state index is 14.4. The minimum absolute atomic E-state index is 0.0601. The molecule has 2 heterocycles. The number of hydrogen-bond donors (Lipinski definition) is 0. The van der Waals surface area contributed by atoms with Gasteiger partial charge < -0.3 is 19.3 Å². The van der Waals surface area contributed by atoms with Crippen molar-refractivity contribution in [1.29, 1.82) is 0 Å². The molecule has 16 heteroatoms. The number of amides is 2. The molecule has 0 N–H and O–H groups in total. The number of nitrogens with zero attached hydrogens (tertiary/aromatic N) is 4. The van der Waals surface area contributed by atoms with Crippen LogP contribution in [0.15, 0.2) is 168 Å². The maximum atomic E-state index is 14.4. The van der Waals surface area contributed by atoms with Gasteiger partial charge in [-0.15, -0.1) is 0 Å². The number of anilines is 2. The first-order valence-corrected chi connectivity index (χ1v) is 24.6. The minimum Gasteiger partial charge on any atom is -0.497 e. The summed E-state index contributed by atoms with van der Waals surface area (Å²) in [5.74, 6) is -0.304. The zero-order chi connectivity index (χ0) is 46.8. The van der Waals surface area contributed by atoms with E-state index in [0.717, 1.165) is 51.5 Å². The Morgan fingerprint density at radius 3 is 1.44 bits per heavy atom. The second-order valence-electron chi connectivity index (χ2n) is 15.6. The fraction of sp³-hybridized carbons (Fsp3) is 0.240. The van der Waals surface area contributed by atoms with Gasteiger partial charge in [0.05, 0.1) is 42.6 Å². The van der Waals surface area contributed by atoms with Gasteiger partial charge in [-0.3, -0.25) is 18.2 Å². The average molecular weight is 954 g/mol. The molecule has 8 rings (SSSR count). The molecule has 0 aliphatic carbocycles. The molecule has 0 bridgehead atoms. The van der Waals surface area contributed by atoms with Gasteiger partial charge >= 0.3 is 0 Å². The summed E-state index contributed by atoms with van der Waals surface area (Å²) in [7, 11) is -5.29. The highest BCUT2D eigenvalue weighted by molar-refractivity contribution is 7.93. The van der Waals surface area contributed by atoms with Crippen LogP contribution in [-0.4, -0.2) is 78.8 Å². The largest absolute Gasteiger partial charge is 0.497 e. The van der Waals surface area contributed by atoms with Gasteiger partial charge in [-0.05, 0) is 122 Å². The van der Waals surface area contributed by atoms with Crippen LogP contribution < -0.4 is 18.1 Å². The van der Waals surface area contributed by atoms with Crippen LogP contribution in [-0.2, 0) is 29.6 Å².